The number of likely N-dealkylation sites (N-methyl/N-ethyl adjacent to an activating group) is 1. The molecule has 0 atom stereocenters. The fourth-order valence-electron chi connectivity index (χ4n) is 2.84. The third kappa shape index (κ3) is 4.95. The Kier molecular flexibility index (Phi) is 5.88. The van der Waals surface area contributed by atoms with Crippen molar-refractivity contribution in [2.24, 2.45) is 0 Å². The number of hydrogen-bond acceptors (Lipinski definition) is 3. The van der Waals surface area contributed by atoms with E-state index in [1.807, 2.05) is 30.3 Å². The molecule has 2 N–H and O–H groups in total. The van der Waals surface area contributed by atoms with Crippen molar-refractivity contribution in [2.75, 3.05) is 32.5 Å². The number of nitrogens with zero attached hydrogens (tertiary/aromatic N) is 2. The van der Waals surface area contributed by atoms with Crippen molar-refractivity contribution in [3.05, 3.63) is 66.4 Å². The van der Waals surface area contributed by atoms with Crippen LogP contribution in [0.2, 0.25) is 0 Å². The third-order valence-electron chi connectivity index (χ3n) is 4.29. The molecule has 0 saturated heterocycles. The van der Waals surface area contributed by atoms with Crippen LogP contribution < -0.4 is 10.6 Å². The van der Waals surface area contributed by atoms with E-state index in [-0.39, 0.29) is 18.4 Å². The molecule has 2 aromatic carbocycles. The number of hydrogen-bond donors (Lipinski definition) is 2. The number of carbonyl (C=O) groups is 2. The van der Waals surface area contributed by atoms with Crippen molar-refractivity contribution in [3.63, 3.8) is 0 Å². The number of aromatic nitrogens is 1. The highest BCUT2D eigenvalue weighted by atomic mass is 16.2. The van der Waals surface area contributed by atoms with E-state index in [0.29, 0.717) is 11.3 Å². The summed E-state index contributed by atoms with van der Waals surface area (Å²) in [6, 6.07) is 16.7. The van der Waals surface area contributed by atoms with Gasteiger partial charge in [0.1, 0.15) is 0 Å². The van der Waals surface area contributed by atoms with Gasteiger partial charge in [-0.15, -0.1) is 0 Å². The molecule has 3 rings (SSSR count). The SMILES string of the molecule is CN(C)CCn1ccc2cc(NC(=O)CNC(=O)c3ccccc3)ccc21. The van der Waals surface area contributed by atoms with Crippen LogP contribution in [0, 0.1) is 0 Å². The number of carbonyl (C=O) groups excluding carboxylic acids is 2. The van der Waals surface area contributed by atoms with Crippen LogP contribution in [0.4, 0.5) is 5.69 Å². The lowest BCUT2D eigenvalue weighted by molar-refractivity contribution is -0.115. The van der Waals surface area contributed by atoms with Gasteiger partial charge in [-0.05, 0) is 50.5 Å². The maximum absolute atomic E-state index is 12.1. The average molecular weight is 364 g/mol. The molecule has 6 heteroatoms. The third-order valence-corrected chi connectivity index (χ3v) is 4.29. The van der Waals surface area contributed by atoms with Gasteiger partial charge in [-0.1, -0.05) is 18.2 Å². The summed E-state index contributed by atoms with van der Waals surface area (Å²) in [7, 11) is 4.10. The molecule has 1 aromatic heterocycles. The van der Waals surface area contributed by atoms with Crippen LogP contribution in [-0.2, 0) is 11.3 Å². The Morgan fingerprint density at radius 2 is 1.81 bits per heavy atom. The maximum atomic E-state index is 12.1. The lowest BCUT2D eigenvalue weighted by Gasteiger charge is -2.11. The average Bonchev–Trinajstić information content (AvgIpc) is 3.07. The molecular weight excluding hydrogens is 340 g/mol. The fraction of sp³-hybridized carbons (Fsp3) is 0.238. The first kappa shape index (κ1) is 18.7. The van der Waals surface area contributed by atoms with Gasteiger partial charge in [0.05, 0.1) is 6.54 Å². The standard InChI is InChI=1S/C21H24N4O2/c1-24(2)12-13-25-11-10-17-14-18(8-9-19(17)25)23-20(26)15-22-21(27)16-6-4-3-5-7-16/h3-11,14H,12-13,15H2,1-2H3,(H,22,27)(H,23,26). The molecule has 0 bridgehead atoms. The van der Waals surface area contributed by atoms with E-state index in [2.05, 4.69) is 40.4 Å². The van der Waals surface area contributed by atoms with E-state index in [0.717, 1.165) is 24.0 Å². The van der Waals surface area contributed by atoms with Gasteiger partial charge < -0.3 is 20.1 Å². The number of rotatable bonds is 7. The Bertz CT molecular complexity index is 932. The van der Waals surface area contributed by atoms with Crippen molar-refractivity contribution in [2.45, 2.75) is 6.54 Å². The predicted molar refractivity (Wildman–Crippen MR) is 108 cm³/mol. The molecule has 0 radical (unpaired) electrons. The van der Waals surface area contributed by atoms with Crippen LogP contribution in [0.25, 0.3) is 10.9 Å². The smallest absolute Gasteiger partial charge is 0.251 e. The van der Waals surface area contributed by atoms with Crippen LogP contribution in [0.1, 0.15) is 10.4 Å². The summed E-state index contributed by atoms with van der Waals surface area (Å²) in [4.78, 5) is 26.3. The van der Waals surface area contributed by atoms with Crippen LogP contribution >= 0.6 is 0 Å². The molecule has 0 spiro atoms. The van der Waals surface area contributed by atoms with E-state index in [1.54, 1.807) is 24.3 Å². The normalized spacial score (nSPS) is 10.9. The topological polar surface area (TPSA) is 66.4 Å². The van der Waals surface area contributed by atoms with Gasteiger partial charge in [0, 0.05) is 41.4 Å². The first-order chi connectivity index (χ1) is 13.0. The summed E-state index contributed by atoms with van der Waals surface area (Å²) < 4.78 is 2.20. The zero-order valence-electron chi connectivity index (χ0n) is 15.6. The minimum Gasteiger partial charge on any atom is -0.346 e. The Hall–Kier alpha value is -3.12. The van der Waals surface area contributed by atoms with Gasteiger partial charge in [0.25, 0.3) is 5.91 Å². The maximum Gasteiger partial charge on any atom is 0.251 e. The largest absolute Gasteiger partial charge is 0.346 e. The Balaban J connectivity index is 1.57. The fourth-order valence-corrected chi connectivity index (χ4v) is 2.84. The van der Waals surface area contributed by atoms with Crippen molar-refractivity contribution < 1.29 is 9.59 Å². The van der Waals surface area contributed by atoms with E-state index in [9.17, 15) is 9.59 Å². The molecule has 0 aliphatic carbocycles. The molecular formula is C21H24N4O2. The van der Waals surface area contributed by atoms with Crippen LogP contribution in [0.5, 0.6) is 0 Å². The highest BCUT2D eigenvalue weighted by molar-refractivity contribution is 6.00. The summed E-state index contributed by atoms with van der Waals surface area (Å²) in [5, 5.41) is 6.53. The lowest BCUT2D eigenvalue weighted by Crippen LogP contribution is -2.32. The Morgan fingerprint density at radius 1 is 1.04 bits per heavy atom. The highest BCUT2D eigenvalue weighted by Gasteiger charge is 2.09. The zero-order valence-corrected chi connectivity index (χ0v) is 15.6. The second kappa shape index (κ2) is 8.51. The molecule has 0 unspecified atom stereocenters. The number of anilines is 1. The molecule has 0 aliphatic heterocycles. The second-order valence-corrected chi connectivity index (χ2v) is 6.68. The highest BCUT2D eigenvalue weighted by Crippen LogP contribution is 2.20. The van der Waals surface area contributed by atoms with Crippen LogP contribution in [0.15, 0.2) is 60.8 Å². The predicted octanol–water partition coefficient (Wildman–Crippen LogP) is 2.57. The minimum absolute atomic E-state index is 0.0738. The molecule has 6 nitrogen and oxygen atoms in total. The number of nitrogens with one attached hydrogen (secondary N) is 2. The van der Waals surface area contributed by atoms with Gasteiger partial charge in [-0.3, -0.25) is 9.59 Å². The summed E-state index contributed by atoms with van der Waals surface area (Å²) in [6.07, 6.45) is 2.06. The van der Waals surface area contributed by atoms with Gasteiger partial charge >= 0.3 is 0 Å². The van der Waals surface area contributed by atoms with Crippen molar-refractivity contribution in [3.8, 4) is 0 Å². The van der Waals surface area contributed by atoms with Crippen molar-refractivity contribution >= 4 is 28.4 Å². The van der Waals surface area contributed by atoms with Crippen LogP contribution in [0.3, 0.4) is 0 Å². The van der Waals surface area contributed by atoms with Crippen molar-refractivity contribution in [1.29, 1.82) is 0 Å². The molecule has 0 saturated carbocycles. The Labute approximate surface area is 158 Å². The monoisotopic (exact) mass is 364 g/mol. The number of amides is 2. The molecule has 3 aromatic rings. The molecule has 0 aliphatic rings. The molecule has 27 heavy (non-hydrogen) atoms. The molecule has 2 amide bonds. The summed E-state index contributed by atoms with van der Waals surface area (Å²) >= 11 is 0. The lowest BCUT2D eigenvalue weighted by atomic mass is 10.2. The van der Waals surface area contributed by atoms with Crippen LogP contribution in [-0.4, -0.2) is 48.5 Å². The van der Waals surface area contributed by atoms with E-state index < -0.39 is 0 Å². The van der Waals surface area contributed by atoms with E-state index >= 15 is 0 Å². The summed E-state index contributed by atoms with van der Waals surface area (Å²) in [5.41, 5.74) is 2.38. The molecule has 140 valence electrons. The number of benzene rings is 2. The van der Waals surface area contributed by atoms with Gasteiger partial charge in [-0.2, -0.15) is 0 Å². The molecule has 1 heterocycles. The minimum atomic E-state index is -0.265. The number of fused-ring (bicyclic) bond motifs is 1. The quantitative estimate of drug-likeness (QED) is 0.677. The van der Waals surface area contributed by atoms with Gasteiger partial charge in [0.15, 0.2) is 0 Å². The van der Waals surface area contributed by atoms with E-state index in [4.69, 9.17) is 0 Å². The zero-order chi connectivity index (χ0) is 19.2. The summed E-state index contributed by atoms with van der Waals surface area (Å²) in [5.74, 6) is -0.523. The Morgan fingerprint density at radius 3 is 2.56 bits per heavy atom. The van der Waals surface area contributed by atoms with E-state index in [1.165, 1.54) is 0 Å². The second-order valence-electron chi connectivity index (χ2n) is 6.68. The first-order valence-electron chi connectivity index (χ1n) is 8.89. The summed E-state index contributed by atoms with van der Waals surface area (Å²) in [6.45, 7) is 1.80. The molecule has 0 fully saturated rings. The van der Waals surface area contributed by atoms with Gasteiger partial charge in [-0.25, -0.2) is 0 Å². The first-order valence-corrected chi connectivity index (χ1v) is 8.89. The van der Waals surface area contributed by atoms with Gasteiger partial charge in [0.2, 0.25) is 5.91 Å². The van der Waals surface area contributed by atoms with Crippen molar-refractivity contribution in [1.82, 2.24) is 14.8 Å².